The van der Waals surface area contributed by atoms with Gasteiger partial charge in [-0.15, -0.1) is 0 Å². The van der Waals surface area contributed by atoms with Crippen molar-refractivity contribution in [3.8, 4) is 0 Å². The van der Waals surface area contributed by atoms with E-state index in [2.05, 4.69) is 19.9 Å². The van der Waals surface area contributed by atoms with E-state index in [9.17, 15) is 0 Å². The normalized spacial score (nSPS) is 23.8. The van der Waals surface area contributed by atoms with Gasteiger partial charge in [-0.1, -0.05) is 38.3 Å². The number of allylic oxidation sites excluding steroid dienone is 2. The smallest absolute Gasteiger partial charge is 0.0203 e. The fraction of sp³-hybridized carbons (Fsp3) is 0.833. The Labute approximate surface area is 77.1 Å². The Morgan fingerprint density at radius 3 is 2.83 bits per heavy atom. The van der Waals surface area contributed by atoms with Crippen LogP contribution in [0.3, 0.4) is 0 Å². The zero-order valence-corrected chi connectivity index (χ0v) is 8.60. The van der Waals surface area contributed by atoms with Crippen molar-refractivity contribution >= 4 is 0 Å². The fourth-order valence-corrected chi connectivity index (χ4v) is 2.28. The molecule has 0 aliphatic heterocycles. The molecule has 0 bridgehead atoms. The summed E-state index contributed by atoms with van der Waals surface area (Å²) >= 11 is 0. The Morgan fingerprint density at radius 1 is 1.33 bits per heavy atom. The first-order chi connectivity index (χ1) is 5.88. The zero-order valence-electron chi connectivity index (χ0n) is 8.60. The second-order valence-corrected chi connectivity index (χ2v) is 3.95. The summed E-state index contributed by atoms with van der Waals surface area (Å²) in [6, 6.07) is 0. The van der Waals surface area contributed by atoms with Crippen molar-refractivity contribution in [3.05, 3.63) is 11.6 Å². The van der Waals surface area contributed by atoms with Gasteiger partial charge in [-0.2, -0.15) is 0 Å². The molecule has 0 nitrogen and oxygen atoms in total. The Morgan fingerprint density at radius 2 is 2.17 bits per heavy atom. The maximum atomic E-state index is 2.51. The molecule has 70 valence electrons. The molecule has 1 rings (SSSR count). The van der Waals surface area contributed by atoms with E-state index < -0.39 is 0 Å². The van der Waals surface area contributed by atoms with Crippen molar-refractivity contribution in [1.82, 2.24) is 0 Å². The Kier molecular flexibility index (Phi) is 4.42. The van der Waals surface area contributed by atoms with Crippen molar-refractivity contribution in [2.75, 3.05) is 0 Å². The maximum Gasteiger partial charge on any atom is -0.0203 e. The second kappa shape index (κ2) is 5.40. The Hall–Kier alpha value is -0.260. The molecule has 0 amide bonds. The largest absolute Gasteiger partial charge is 0.0851 e. The lowest BCUT2D eigenvalue weighted by Crippen LogP contribution is -2.08. The summed E-state index contributed by atoms with van der Waals surface area (Å²) in [5, 5.41) is 0. The van der Waals surface area contributed by atoms with Crippen LogP contribution in [0.4, 0.5) is 0 Å². The van der Waals surface area contributed by atoms with Crippen molar-refractivity contribution in [2.24, 2.45) is 5.92 Å². The molecule has 0 aromatic heterocycles. The SMILES string of the molecule is CCCC1=CCCCC1CCC. The maximum absolute atomic E-state index is 2.51. The summed E-state index contributed by atoms with van der Waals surface area (Å²) in [6.45, 7) is 4.59. The molecule has 0 saturated heterocycles. The second-order valence-electron chi connectivity index (χ2n) is 3.95. The van der Waals surface area contributed by atoms with E-state index >= 15 is 0 Å². The predicted molar refractivity (Wildman–Crippen MR) is 55.2 cm³/mol. The van der Waals surface area contributed by atoms with E-state index in [1.54, 1.807) is 5.57 Å². The summed E-state index contributed by atoms with van der Waals surface area (Å²) in [5.74, 6) is 0.948. The van der Waals surface area contributed by atoms with Crippen molar-refractivity contribution in [1.29, 1.82) is 0 Å². The number of hydrogen-bond donors (Lipinski definition) is 0. The van der Waals surface area contributed by atoms with Gasteiger partial charge in [-0.3, -0.25) is 0 Å². The number of hydrogen-bond acceptors (Lipinski definition) is 0. The molecular formula is C12H22. The zero-order chi connectivity index (χ0) is 8.81. The highest BCUT2D eigenvalue weighted by Gasteiger charge is 2.15. The monoisotopic (exact) mass is 166 g/mol. The molecule has 0 heterocycles. The first-order valence-electron chi connectivity index (χ1n) is 5.57. The Balaban J connectivity index is 2.45. The molecule has 1 aliphatic rings. The van der Waals surface area contributed by atoms with Gasteiger partial charge in [-0.05, 0) is 38.0 Å². The molecule has 0 saturated carbocycles. The van der Waals surface area contributed by atoms with Crippen LogP contribution in [0.25, 0.3) is 0 Å². The quantitative estimate of drug-likeness (QED) is 0.546. The molecular weight excluding hydrogens is 144 g/mol. The van der Waals surface area contributed by atoms with Crippen LogP contribution in [0.15, 0.2) is 11.6 Å². The summed E-state index contributed by atoms with van der Waals surface area (Å²) in [6.07, 6.45) is 12.2. The first kappa shape index (κ1) is 9.83. The molecule has 0 fully saturated rings. The minimum atomic E-state index is 0.948. The first-order valence-corrected chi connectivity index (χ1v) is 5.57. The summed E-state index contributed by atoms with van der Waals surface area (Å²) in [4.78, 5) is 0. The third-order valence-electron chi connectivity index (χ3n) is 2.86. The predicted octanol–water partition coefficient (Wildman–Crippen LogP) is 4.31. The lowest BCUT2D eigenvalue weighted by molar-refractivity contribution is 0.457. The van der Waals surface area contributed by atoms with Crippen LogP contribution in [0, 0.1) is 5.92 Å². The summed E-state index contributed by atoms with van der Waals surface area (Å²) in [5.41, 5.74) is 1.77. The minimum absolute atomic E-state index is 0.948. The summed E-state index contributed by atoms with van der Waals surface area (Å²) in [7, 11) is 0. The average Bonchev–Trinajstić information content (AvgIpc) is 2.09. The molecule has 0 heteroatoms. The van der Waals surface area contributed by atoms with Gasteiger partial charge < -0.3 is 0 Å². The van der Waals surface area contributed by atoms with Crippen molar-refractivity contribution in [3.63, 3.8) is 0 Å². The van der Waals surface area contributed by atoms with Crippen LogP contribution in [0.5, 0.6) is 0 Å². The van der Waals surface area contributed by atoms with Crippen LogP contribution in [-0.4, -0.2) is 0 Å². The van der Waals surface area contributed by atoms with E-state index in [1.165, 1.54) is 44.9 Å². The highest BCUT2D eigenvalue weighted by atomic mass is 14.2. The van der Waals surface area contributed by atoms with E-state index in [0.717, 1.165) is 5.92 Å². The molecule has 0 spiro atoms. The standard InChI is InChI=1S/C12H22/c1-3-7-11-9-5-6-10-12(11)8-4-2/h9,12H,3-8,10H2,1-2H3. The highest BCUT2D eigenvalue weighted by molar-refractivity contribution is 5.09. The van der Waals surface area contributed by atoms with Crippen LogP contribution in [-0.2, 0) is 0 Å². The van der Waals surface area contributed by atoms with Gasteiger partial charge in [0.2, 0.25) is 0 Å². The van der Waals surface area contributed by atoms with Gasteiger partial charge in [0.05, 0.1) is 0 Å². The highest BCUT2D eigenvalue weighted by Crippen LogP contribution is 2.31. The Bertz CT molecular complexity index is 144. The number of rotatable bonds is 4. The van der Waals surface area contributed by atoms with Gasteiger partial charge >= 0.3 is 0 Å². The van der Waals surface area contributed by atoms with Crippen LogP contribution < -0.4 is 0 Å². The molecule has 12 heavy (non-hydrogen) atoms. The molecule has 0 N–H and O–H groups in total. The van der Waals surface area contributed by atoms with Crippen molar-refractivity contribution in [2.45, 2.75) is 58.8 Å². The fourth-order valence-electron chi connectivity index (χ4n) is 2.28. The molecule has 1 unspecified atom stereocenters. The molecule has 0 aromatic rings. The van der Waals surface area contributed by atoms with E-state index in [-0.39, 0.29) is 0 Å². The van der Waals surface area contributed by atoms with Crippen LogP contribution >= 0.6 is 0 Å². The van der Waals surface area contributed by atoms with E-state index in [0.29, 0.717) is 0 Å². The lowest BCUT2D eigenvalue weighted by atomic mass is 9.83. The van der Waals surface area contributed by atoms with E-state index in [4.69, 9.17) is 0 Å². The molecule has 1 aliphatic carbocycles. The van der Waals surface area contributed by atoms with Crippen LogP contribution in [0.2, 0.25) is 0 Å². The summed E-state index contributed by atoms with van der Waals surface area (Å²) < 4.78 is 0. The van der Waals surface area contributed by atoms with Gasteiger partial charge in [0.25, 0.3) is 0 Å². The van der Waals surface area contributed by atoms with Crippen molar-refractivity contribution < 1.29 is 0 Å². The third-order valence-corrected chi connectivity index (χ3v) is 2.86. The molecule has 1 atom stereocenters. The molecule has 0 aromatic carbocycles. The van der Waals surface area contributed by atoms with Crippen LogP contribution in [0.1, 0.15) is 58.8 Å². The minimum Gasteiger partial charge on any atom is -0.0851 e. The topological polar surface area (TPSA) is 0 Å². The average molecular weight is 166 g/mol. The van der Waals surface area contributed by atoms with Gasteiger partial charge in [0.15, 0.2) is 0 Å². The lowest BCUT2D eigenvalue weighted by Gasteiger charge is -2.23. The van der Waals surface area contributed by atoms with Gasteiger partial charge in [0.1, 0.15) is 0 Å². The van der Waals surface area contributed by atoms with Gasteiger partial charge in [0, 0.05) is 0 Å². The van der Waals surface area contributed by atoms with E-state index in [1.807, 2.05) is 0 Å². The molecule has 0 radical (unpaired) electrons. The van der Waals surface area contributed by atoms with Gasteiger partial charge in [-0.25, -0.2) is 0 Å². The third kappa shape index (κ3) is 2.66.